The first-order chi connectivity index (χ1) is 7.63. The number of rotatable bonds is 2. The van der Waals surface area contributed by atoms with Crippen LogP contribution in [0.25, 0.3) is 10.8 Å². The van der Waals surface area contributed by atoms with Crippen molar-refractivity contribution < 1.29 is 14.7 Å². The van der Waals surface area contributed by atoms with Crippen molar-refractivity contribution in [3.05, 3.63) is 41.5 Å². The van der Waals surface area contributed by atoms with Gasteiger partial charge in [0.2, 0.25) is 0 Å². The molecule has 0 saturated heterocycles. The minimum absolute atomic E-state index is 0.0253. The molecule has 16 heavy (non-hydrogen) atoms. The maximum absolute atomic E-state index is 11.2. The van der Waals surface area contributed by atoms with Gasteiger partial charge < -0.3 is 5.11 Å². The van der Waals surface area contributed by atoms with Crippen molar-refractivity contribution in [1.29, 1.82) is 0 Å². The lowest BCUT2D eigenvalue weighted by atomic mass is 10.0. The number of aromatic hydroxyl groups is 1. The SMILES string of the molecule is CC(=O)c1ccc2c(C=O)c(O)ccc2c1. The van der Waals surface area contributed by atoms with Crippen molar-refractivity contribution in [2.24, 2.45) is 0 Å². The Morgan fingerprint density at radius 3 is 2.62 bits per heavy atom. The van der Waals surface area contributed by atoms with E-state index < -0.39 is 0 Å². The number of hydrogen-bond acceptors (Lipinski definition) is 3. The van der Waals surface area contributed by atoms with E-state index in [1.165, 1.54) is 13.0 Å². The summed E-state index contributed by atoms with van der Waals surface area (Å²) in [4.78, 5) is 22.0. The molecule has 0 saturated carbocycles. The molecule has 3 nitrogen and oxygen atoms in total. The van der Waals surface area contributed by atoms with Crippen LogP contribution in [0.5, 0.6) is 5.75 Å². The number of fused-ring (bicyclic) bond motifs is 1. The van der Waals surface area contributed by atoms with Crippen LogP contribution in [0.15, 0.2) is 30.3 Å². The molecule has 0 aliphatic rings. The van der Waals surface area contributed by atoms with Crippen molar-refractivity contribution in [1.82, 2.24) is 0 Å². The topological polar surface area (TPSA) is 54.4 Å². The van der Waals surface area contributed by atoms with E-state index in [0.717, 1.165) is 5.39 Å². The summed E-state index contributed by atoms with van der Waals surface area (Å²) in [7, 11) is 0. The quantitative estimate of drug-likeness (QED) is 0.617. The van der Waals surface area contributed by atoms with Gasteiger partial charge in [-0.2, -0.15) is 0 Å². The van der Waals surface area contributed by atoms with Crippen molar-refractivity contribution in [2.45, 2.75) is 6.92 Å². The van der Waals surface area contributed by atoms with Gasteiger partial charge in [-0.05, 0) is 29.8 Å². The summed E-state index contributed by atoms with van der Waals surface area (Å²) in [5.41, 5.74) is 0.850. The zero-order valence-corrected chi connectivity index (χ0v) is 8.73. The first kappa shape index (κ1) is 10.4. The molecule has 0 bridgehead atoms. The Morgan fingerprint density at radius 2 is 2.00 bits per heavy atom. The lowest BCUT2D eigenvalue weighted by Gasteiger charge is -2.04. The predicted molar refractivity (Wildman–Crippen MR) is 61.0 cm³/mol. The van der Waals surface area contributed by atoms with E-state index in [2.05, 4.69) is 0 Å². The summed E-state index contributed by atoms with van der Waals surface area (Å²) < 4.78 is 0. The van der Waals surface area contributed by atoms with Crippen molar-refractivity contribution in [3.8, 4) is 5.75 Å². The summed E-state index contributed by atoms with van der Waals surface area (Å²) in [6.45, 7) is 1.49. The van der Waals surface area contributed by atoms with Crippen LogP contribution < -0.4 is 0 Å². The molecule has 0 aliphatic carbocycles. The molecule has 0 atom stereocenters. The monoisotopic (exact) mass is 214 g/mol. The molecule has 0 radical (unpaired) electrons. The van der Waals surface area contributed by atoms with Crippen molar-refractivity contribution >= 4 is 22.8 Å². The number of aldehydes is 1. The fourth-order valence-corrected chi connectivity index (χ4v) is 1.69. The number of hydrogen-bond donors (Lipinski definition) is 1. The van der Waals surface area contributed by atoms with Gasteiger partial charge >= 0.3 is 0 Å². The molecule has 0 fully saturated rings. The number of phenols is 1. The Hall–Kier alpha value is -2.16. The average molecular weight is 214 g/mol. The Labute approximate surface area is 92.3 Å². The van der Waals surface area contributed by atoms with E-state index in [1.54, 1.807) is 24.3 Å². The molecule has 2 aromatic carbocycles. The molecule has 3 heteroatoms. The molecule has 0 unspecified atom stereocenters. The Bertz CT molecular complexity index is 585. The Morgan fingerprint density at radius 1 is 1.25 bits per heavy atom. The third kappa shape index (κ3) is 1.56. The number of carbonyl (C=O) groups excluding carboxylic acids is 2. The summed E-state index contributed by atoms with van der Waals surface area (Å²) in [5, 5.41) is 10.9. The molecule has 1 N–H and O–H groups in total. The standard InChI is InChI=1S/C13H10O3/c1-8(15)9-2-4-11-10(6-9)3-5-13(16)12(11)7-14/h2-7,16H,1H3. The van der Waals surface area contributed by atoms with Crippen molar-refractivity contribution in [2.75, 3.05) is 0 Å². The van der Waals surface area contributed by atoms with Gasteiger partial charge in [-0.15, -0.1) is 0 Å². The zero-order valence-electron chi connectivity index (χ0n) is 8.73. The molecule has 0 spiro atoms. The lowest BCUT2D eigenvalue weighted by molar-refractivity contribution is 0.101. The van der Waals surface area contributed by atoms with E-state index in [0.29, 0.717) is 17.2 Å². The van der Waals surface area contributed by atoms with Crippen LogP contribution in [-0.2, 0) is 0 Å². The second-order valence-corrected chi connectivity index (χ2v) is 3.61. The molecule has 2 rings (SSSR count). The molecule has 0 amide bonds. The second-order valence-electron chi connectivity index (χ2n) is 3.61. The first-order valence-corrected chi connectivity index (χ1v) is 4.85. The summed E-state index contributed by atoms with van der Waals surface area (Å²) in [6.07, 6.45) is 0.616. The molecule has 0 aromatic heterocycles. The fraction of sp³-hybridized carbons (Fsp3) is 0.0769. The molecule has 2 aromatic rings. The highest BCUT2D eigenvalue weighted by molar-refractivity contribution is 6.04. The molecule has 0 aliphatic heterocycles. The fourth-order valence-electron chi connectivity index (χ4n) is 1.69. The largest absolute Gasteiger partial charge is 0.507 e. The number of phenolic OH excluding ortho intramolecular Hbond substituents is 1. The van der Waals surface area contributed by atoms with Gasteiger partial charge in [0, 0.05) is 5.56 Å². The smallest absolute Gasteiger partial charge is 0.159 e. The van der Waals surface area contributed by atoms with Crippen LogP contribution in [0.2, 0.25) is 0 Å². The van der Waals surface area contributed by atoms with E-state index in [-0.39, 0.29) is 17.1 Å². The maximum atomic E-state index is 11.2. The molecule has 0 heterocycles. The number of benzene rings is 2. The van der Waals surface area contributed by atoms with Gasteiger partial charge in [-0.3, -0.25) is 9.59 Å². The summed E-state index contributed by atoms with van der Waals surface area (Å²) >= 11 is 0. The lowest BCUT2D eigenvalue weighted by Crippen LogP contribution is -1.92. The predicted octanol–water partition coefficient (Wildman–Crippen LogP) is 2.56. The number of ketones is 1. The van der Waals surface area contributed by atoms with E-state index in [4.69, 9.17) is 0 Å². The van der Waals surface area contributed by atoms with E-state index in [9.17, 15) is 14.7 Å². The second kappa shape index (κ2) is 3.77. The highest BCUT2D eigenvalue weighted by atomic mass is 16.3. The van der Waals surface area contributed by atoms with E-state index in [1.807, 2.05) is 0 Å². The van der Waals surface area contributed by atoms with Gasteiger partial charge in [0.05, 0.1) is 5.56 Å². The van der Waals surface area contributed by atoms with Gasteiger partial charge in [-0.1, -0.05) is 18.2 Å². The minimum atomic E-state index is -0.0434. The van der Waals surface area contributed by atoms with Crippen LogP contribution in [0.4, 0.5) is 0 Å². The van der Waals surface area contributed by atoms with Crippen LogP contribution in [-0.4, -0.2) is 17.2 Å². The number of Topliss-reactive ketones (excluding diaryl/α,β-unsaturated/α-hetero) is 1. The van der Waals surface area contributed by atoms with Crippen molar-refractivity contribution in [3.63, 3.8) is 0 Å². The Kier molecular flexibility index (Phi) is 2.44. The first-order valence-electron chi connectivity index (χ1n) is 4.85. The molecule has 80 valence electrons. The minimum Gasteiger partial charge on any atom is -0.507 e. The summed E-state index contributed by atoms with van der Waals surface area (Å²) in [5.74, 6) is -0.0688. The Balaban J connectivity index is 2.78. The molecular formula is C13H10O3. The highest BCUT2D eigenvalue weighted by Gasteiger charge is 2.07. The van der Waals surface area contributed by atoms with Crippen LogP contribution in [0, 0.1) is 0 Å². The van der Waals surface area contributed by atoms with Crippen LogP contribution >= 0.6 is 0 Å². The normalized spacial score (nSPS) is 10.3. The van der Waals surface area contributed by atoms with Crippen LogP contribution in [0.1, 0.15) is 27.6 Å². The van der Waals surface area contributed by atoms with Gasteiger partial charge in [0.15, 0.2) is 12.1 Å². The van der Waals surface area contributed by atoms with E-state index >= 15 is 0 Å². The van der Waals surface area contributed by atoms with Gasteiger partial charge in [-0.25, -0.2) is 0 Å². The highest BCUT2D eigenvalue weighted by Crippen LogP contribution is 2.26. The number of carbonyl (C=O) groups is 2. The summed E-state index contributed by atoms with van der Waals surface area (Å²) in [6, 6.07) is 8.18. The molecular weight excluding hydrogens is 204 g/mol. The average Bonchev–Trinajstić information content (AvgIpc) is 2.28. The van der Waals surface area contributed by atoms with Gasteiger partial charge in [0.25, 0.3) is 0 Å². The zero-order chi connectivity index (χ0) is 11.7. The third-order valence-electron chi connectivity index (χ3n) is 2.56. The maximum Gasteiger partial charge on any atom is 0.159 e. The van der Waals surface area contributed by atoms with Crippen LogP contribution in [0.3, 0.4) is 0 Å². The third-order valence-corrected chi connectivity index (χ3v) is 2.56. The van der Waals surface area contributed by atoms with Gasteiger partial charge in [0.1, 0.15) is 5.75 Å².